The molecular formula is C11H20N6O. The highest BCUT2D eigenvalue weighted by molar-refractivity contribution is 5.75. The van der Waals surface area contributed by atoms with E-state index in [1.807, 2.05) is 7.05 Å². The molecule has 2 N–H and O–H groups in total. The molecule has 0 radical (unpaired) electrons. The average molecular weight is 252 g/mol. The van der Waals surface area contributed by atoms with Gasteiger partial charge in [0.1, 0.15) is 12.9 Å². The maximum Gasteiger partial charge on any atom is 0.244 e. The van der Waals surface area contributed by atoms with Crippen LogP contribution in [0.25, 0.3) is 0 Å². The van der Waals surface area contributed by atoms with Gasteiger partial charge in [0.05, 0.1) is 0 Å². The molecular weight excluding hydrogens is 232 g/mol. The highest BCUT2D eigenvalue weighted by Crippen LogP contribution is 2.15. The maximum atomic E-state index is 12.0. The van der Waals surface area contributed by atoms with E-state index < -0.39 is 0 Å². The molecule has 0 aromatic carbocycles. The normalized spacial score (nSPS) is 20.2. The topological polar surface area (TPSA) is 80.3 Å². The number of nitrogens with two attached hydrogens (primary N) is 1. The first-order valence-electron chi connectivity index (χ1n) is 6.15. The van der Waals surface area contributed by atoms with Crippen LogP contribution in [0.2, 0.25) is 0 Å². The minimum atomic E-state index is 0.0280. The predicted molar refractivity (Wildman–Crippen MR) is 67.7 cm³/mol. The largest absolute Gasteiger partial charge is 0.367 e. The molecule has 2 heterocycles. The number of anilines is 1. The summed E-state index contributed by atoms with van der Waals surface area (Å²) in [6.07, 6.45) is 3.84. The first-order chi connectivity index (χ1) is 8.56. The Kier molecular flexibility index (Phi) is 3.81. The van der Waals surface area contributed by atoms with Crippen molar-refractivity contribution in [3.05, 3.63) is 6.33 Å². The van der Waals surface area contributed by atoms with E-state index in [0.717, 1.165) is 19.5 Å². The van der Waals surface area contributed by atoms with E-state index in [1.54, 1.807) is 4.90 Å². The van der Waals surface area contributed by atoms with Gasteiger partial charge < -0.3 is 15.5 Å². The van der Waals surface area contributed by atoms with Gasteiger partial charge in [-0.2, -0.15) is 0 Å². The van der Waals surface area contributed by atoms with Crippen molar-refractivity contribution in [2.75, 3.05) is 32.9 Å². The fourth-order valence-corrected chi connectivity index (χ4v) is 2.27. The third-order valence-corrected chi connectivity index (χ3v) is 3.43. The van der Waals surface area contributed by atoms with Gasteiger partial charge in [0.25, 0.3) is 0 Å². The minimum Gasteiger partial charge on any atom is -0.367 e. The monoisotopic (exact) mass is 252 g/mol. The van der Waals surface area contributed by atoms with Crippen molar-refractivity contribution in [2.24, 2.45) is 0 Å². The molecule has 1 fully saturated rings. The number of likely N-dealkylation sites (tertiary alicyclic amines) is 1. The van der Waals surface area contributed by atoms with E-state index in [2.05, 4.69) is 22.0 Å². The molecule has 1 aliphatic heterocycles. The van der Waals surface area contributed by atoms with E-state index in [-0.39, 0.29) is 18.4 Å². The van der Waals surface area contributed by atoms with Crippen LogP contribution in [0.4, 0.5) is 5.95 Å². The van der Waals surface area contributed by atoms with Crippen LogP contribution in [-0.2, 0) is 11.3 Å². The van der Waals surface area contributed by atoms with Crippen LogP contribution in [0.1, 0.15) is 12.8 Å². The summed E-state index contributed by atoms with van der Waals surface area (Å²) >= 11 is 0. The fraction of sp³-hybridized carbons (Fsp3) is 0.727. The molecule has 100 valence electrons. The molecule has 1 unspecified atom stereocenters. The zero-order valence-corrected chi connectivity index (χ0v) is 10.9. The van der Waals surface area contributed by atoms with Gasteiger partial charge in [0.2, 0.25) is 11.9 Å². The van der Waals surface area contributed by atoms with Gasteiger partial charge in [-0.1, -0.05) is 0 Å². The van der Waals surface area contributed by atoms with Crippen LogP contribution >= 0.6 is 0 Å². The lowest BCUT2D eigenvalue weighted by atomic mass is 10.2. The third kappa shape index (κ3) is 2.98. The highest BCUT2D eigenvalue weighted by atomic mass is 16.2. The first kappa shape index (κ1) is 12.8. The molecule has 0 aliphatic carbocycles. The van der Waals surface area contributed by atoms with Gasteiger partial charge >= 0.3 is 0 Å². The molecule has 18 heavy (non-hydrogen) atoms. The first-order valence-corrected chi connectivity index (χ1v) is 6.15. The van der Waals surface area contributed by atoms with Crippen molar-refractivity contribution in [3.63, 3.8) is 0 Å². The van der Waals surface area contributed by atoms with Crippen LogP contribution in [0.5, 0.6) is 0 Å². The zero-order chi connectivity index (χ0) is 13.1. The quantitative estimate of drug-likeness (QED) is 0.775. The number of nitrogen functional groups attached to an aromatic ring is 1. The second-order valence-electron chi connectivity index (χ2n) is 4.85. The average Bonchev–Trinajstić information content (AvgIpc) is 2.89. The van der Waals surface area contributed by atoms with Gasteiger partial charge in [-0.3, -0.25) is 4.79 Å². The summed E-state index contributed by atoms with van der Waals surface area (Å²) in [6.45, 7) is 2.07. The molecule has 0 spiro atoms. The summed E-state index contributed by atoms with van der Waals surface area (Å²) in [5.74, 6) is 0.223. The lowest BCUT2D eigenvalue weighted by molar-refractivity contribution is -0.131. The van der Waals surface area contributed by atoms with Crippen molar-refractivity contribution in [1.82, 2.24) is 24.6 Å². The minimum absolute atomic E-state index is 0.0280. The van der Waals surface area contributed by atoms with E-state index in [1.165, 1.54) is 17.4 Å². The van der Waals surface area contributed by atoms with Crippen molar-refractivity contribution in [3.8, 4) is 0 Å². The number of nitrogens with zero attached hydrogens (tertiary/aromatic N) is 5. The number of hydrogen-bond donors (Lipinski definition) is 1. The Balaban J connectivity index is 1.84. The second-order valence-corrected chi connectivity index (χ2v) is 4.85. The summed E-state index contributed by atoms with van der Waals surface area (Å²) in [5.41, 5.74) is 5.41. The van der Waals surface area contributed by atoms with Crippen molar-refractivity contribution in [1.29, 1.82) is 0 Å². The standard InChI is InChI=1S/C11H20N6O/c1-15-5-3-4-9(15)6-16(2)10(18)7-17-8-13-11(12)14-17/h8-9H,3-7H2,1-2H3,(H2,12,14). The summed E-state index contributed by atoms with van der Waals surface area (Å²) in [4.78, 5) is 19.8. The van der Waals surface area contributed by atoms with Gasteiger partial charge in [-0.15, -0.1) is 5.10 Å². The molecule has 7 nitrogen and oxygen atoms in total. The Morgan fingerprint density at radius 1 is 1.67 bits per heavy atom. The summed E-state index contributed by atoms with van der Waals surface area (Å²) in [7, 11) is 3.93. The zero-order valence-electron chi connectivity index (χ0n) is 10.9. The Bertz CT molecular complexity index is 417. The Labute approximate surface area is 107 Å². The van der Waals surface area contributed by atoms with Gasteiger partial charge in [0.15, 0.2) is 0 Å². The highest BCUT2D eigenvalue weighted by Gasteiger charge is 2.23. The van der Waals surface area contributed by atoms with Crippen molar-refractivity contribution < 1.29 is 4.79 Å². The van der Waals surface area contributed by atoms with Crippen LogP contribution in [0.3, 0.4) is 0 Å². The Morgan fingerprint density at radius 3 is 3.00 bits per heavy atom. The summed E-state index contributed by atoms with van der Waals surface area (Å²) in [6, 6.07) is 0.472. The molecule has 1 aliphatic rings. The van der Waals surface area contributed by atoms with Crippen LogP contribution in [0.15, 0.2) is 6.33 Å². The van der Waals surface area contributed by atoms with Gasteiger partial charge in [0, 0.05) is 19.6 Å². The summed E-state index contributed by atoms with van der Waals surface area (Å²) in [5, 5.41) is 3.91. The number of likely N-dealkylation sites (N-methyl/N-ethyl adjacent to an activating group) is 2. The number of carbonyl (C=O) groups excluding carboxylic acids is 1. The van der Waals surface area contributed by atoms with Crippen LogP contribution < -0.4 is 5.73 Å². The second kappa shape index (κ2) is 5.34. The van der Waals surface area contributed by atoms with E-state index in [4.69, 9.17) is 5.73 Å². The number of carbonyl (C=O) groups is 1. The molecule has 1 atom stereocenters. The van der Waals surface area contributed by atoms with E-state index >= 15 is 0 Å². The maximum absolute atomic E-state index is 12.0. The van der Waals surface area contributed by atoms with Gasteiger partial charge in [-0.05, 0) is 26.4 Å². The van der Waals surface area contributed by atoms with Gasteiger partial charge in [-0.25, -0.2) is 9.67 Å². The third-order valence-electron chi connectivity index (χ3n) is 3.43. The van der Waals surface area contributed by atoms with E-state index in [0.29, 0.717) is 6.04 Å². The number of aromatic nitrogens is 3. The molecule has 2 rings (SSSR count). The van der Waals surface area contributed by atoms with E-state index in [9.17, 15) is 4.79 Å². The Morgan fingerprint density at radius 2 is 2.44 bits per heavy atom. The summed E-state index contributed by atoms with van der Waals surface area (Å²) < 4.78 is 1.46. The van der Waals surface area contributed by atoms with Crippen molar-refractivity contribution in [2.45, 2.75) is 25.4 Å². The SMILES string of the molecule is CN(CC1CCCN1C)C(=O)Cn1cnc(N)n1. The molecule has 0 bridgehead atoms. The smallest absolute Gasteiger partial charge is 0.244 e. The number of amides is 1. The Hall–Kier alpha value is -1.63. The lowest BCUT2D eigenvalue weighted by Gasteiger charge is -2.25. The number of hydrogen-bond acceptors (Lipinski definition) is 5. The molecule has 1 amide bonds. The van der Waals surface area contributed by atoms with Crippen LogP contribution in [0, 0.1) is 0 Å². The molecule has 1 aromatic heterocycles. The fourth-order valence-electron chi connectivity index (χ4n) is 2.27. The molecule has 1 saturated heterocycles. The van der Waals surface area contributed by atoms with Crippen molar-refractivity contribution >= 4 is 11.9 Å². The number of rotatable bonds is 4. The molecule has 1 aromatic rings. The van der Waals surface area contributed by atoms with Crippen LogP contribution in [-0.4, -0.2) is 63.7 Å². The molecule has 0 saturated carbocycles. The molecule has 7 heteroatoms. The predicted octanol–water partition coefficient (Wildman–Crippen LogP) is -0.587. The lowest BCUT2D eigenvalue weighted by Crippen LogP contribution is -2.40.